The highest BCUT2D eigenvalue weighted by Crippen LogP contribution is 2.27. The molecule has 0 fully saturated rings. The standard InChI is InChI=1S/C13H13ClO3/c14-11-5-3-10(4-6-11)13(17-9-7-15)12-2-1-8-16-12/h1-6,8,13,15H,7,9H2/t13-/m1/s1. The van der Waals surface area contributed by atoms with Gasteiger partial charge in [0.25, 0.3) is 0 Å². The number of aliphatic hydroxyl groups is 1. The molecule has 0 aliphatic rings. The van der Waals surface area contributed by atoms with Gasteiger partial charge in [0.15, 0.2) is 0 Å². The van der Waals surface area contributed by atoms with Gasteiger partial charge in [0.05, 0.1) is 19.5 Å². The van der Waals surface area contributed by atoms with Crippen molar-refractivity contribution in [3.05, 3.63) is 59.0 Å². The van der Waals surface area contributed by atoms with Crippen LogP contribution in [-0.4, -0.2) is 18.3 Å². The van der Waals surface area contributed by atoms with Crippen LogP contribution in [0.4, 0.5) is 0 Å². The fraction of sp³-hybridized carbons (Fsp3) is 0.231. The highest BCUT2D eigenvalue weighted by molar-refractivity contribution is 6.30. The molecule has 0 aliphatic carbocycles. The molecule has 0 bridgehead atoms. The molecule has 0 radical (unpaired) electrons. The molecule has 0 aliphatic heterocycles. The van der Waals surface area contributed by atoms with Crippen LogP contribution in [0.25, 0.3) is 0 Å². The molecule has 1 N–H and O–H groups in total. The molecule has 0 unspecified atom stereocenters. The molecule has 1 heterocycles. The fourth-order valence-corrected chi connectivity index (χ4v) is 1.72. The lowest BCUT2D eigenvalue weighted by atomic mass is 10.1. The molecule has 2 aromatic rings. The Kier molecular flexibility index (Phi) is 4.20. The van der Waals surface area contributed by atoms with Gasteiger partial charge in [-0.05, 0) is 29.8 Å². The Morgan fingerprint density at radius 2 is 2.00 bits per heavy atom. The zero-order valence-electron chi connectivity index (χ0n) is 9.17. The molecule has 90 valence electrons. The number of halogens is 1. The second-order valence-electron chi connectivity index (χ2n) is 3.54. The summed E-state index contributed by atoms with van der Waals surface area (Å²) >= 11 is 5.84. The van der Waals surface area contributed by atoms with Crippen LogP contribution in [0.1, 0.15) is 17.4 Å². The third kappa shape index (κ3) is 3.09. The summed E-state index contributed by atoms with van der Waals surface area (Å²) in [5.41, 5.74) is 0.942. The monoisotopic (exact) mass is 252 g/mol. The molecule has 4 heteroatoms. The van der Waals surface area contributed by atoms with Crippen LogP contribution in [0.2, 0.25) is 5.02 Å². The fourth-order valence-electron chi connectivity index (χ4n) is 1.59. The Hall–Kier alpha value is -1.29. The van der Waals surface area contributed by atoms with Gasteiger partial charge < -0.3 is 14.3 Å². The van der Waals surface area contributed by atoms with Crippen molar-refractivity contribution in [2.24, 2.45) is 0 Å². The van der Waals surface area contributed by atoms with Crippen LogP contribution >= 0.6 is 11.6 Å². The van der Waals surface area contributed by atoms with Gasteiger partial charge in [-0.2, -0.15) is 0 Å². The summed E-state index contributed by atoms with van der Waals surface area (Å²) in [5, 5.41) is 9.50. The number of hydrogen-bond acceptors (Lipinski definition) is 3. The first-order valence-electron chi connectivity index (χ1n) is 5.32. The average Bonchev–Trinajstić information content (AvgIpc) is 2.85. The maximum absolute atomic E-state index is 8.83. The number of hydrogen-bond donors (Lipinski definition) is 1. The van der Waals surface area contributed by atoms with Gasteiger partial charge in [0, 0.05) is 5.02 Å². The molecule has 0 saturated carbocycles. The quantitative estimate of drug-likeness (QED) is 0.889. The predicted molar refractivity (Wildman–Crippen MR) is 65.0 cm³/mol. The van der Waals surface area contributed by atoms with Crippen LogP contribution in [0, 0.1) is 0 Å². The lowest BCUT2D eigenvalue weighted by Crippen LogP contribution is -2.08. The largest absolute Gasteiger partial charge is 0.466 e. The summed E-state index contributed by atoms with van der Waals surface area (Å²) < 4.78 is 10.9. The minimum atomic E-state index is -0.311. The number of rotatable bonds is 5. The van der Waals surface area contributed by atoms with Crippen molar-refractivity contribution in [2.45, 2.75) is 6.10 Å². The van der Waals surface area contributed by atoms with E-state index in [0.29, 0.717) is 10.8 Å². The van der Waals surface area contributed by atoms with Crippen LogP contribution in [0.3, 0.4) is 0 Å². The van der Waals surface area contributed by atoms with E-state index in [9.17, 15) is 0 Å². The number of ether oxygens (including phenoxy) is 1. The summed E-state index contributed by atoms with van der Waals surface area (Å²) in [5.74, 6) is 0.709. The molecular formula is C13H13ClO3. The molecule has 3 nitrogen and oxygen atoms in total. The molecule has 1 atom stereocenters. The summed E-state index contributed by atoms with van der Waals surface area (Å²) in [6.45, 7) is 0.235. The van der Waals surface area contributed by atoms with Gasteiger partial charge in [-0.3, -0.25) is 0 Å². The summed E-state index contributed by atoms with van der Waals surface area (Å²) in [6.07, 6.45) is 1.29. The Labute approximate surface area is 105 Å². The number of aliphatic hydroxyl groups excluding tert-OH is 1. The second-order valence-corrected chi connectivity index (χ2v) is 3.98. The first-order valence-corrected chi connectivity index (χ1v) is 5.70. The summed E-state index contributed by atoms with van der Waals surface area (Å²) in [7, 11) is 0. The highest BCUT2D eigenvalue weighted by atomic mass is 35.5. The van der Waals surface area contributed by atoms with E-state index in [4.69, 9.17) is 25.9 Å². The van der Waals surface area contributed by atoms with Gasteiger partial charge in [-0.15, -0.1) is 0 Å². The van der Waals surface area contributed by atoms with E-state index >= 15 is 0 Å². The van der Waals surface area contributed by atoms with Crippen molar-refractivity contribution in [1.29, 1.82) is 0 Å². The van der Waals surface area contributed by atoms with E-state index in [1.54, 1.807) is 24.5 Å². The first-order chi connectivity index (χ1) is 8.31. The number of furan rings is 1. The first kappa shape index (κ1) is 12.2. The highest BCUT2D eigenvalue weighted by Gasteiger charge is 2.17. The molecule has 0 saturated heterocycles. The van der Waals surface area contributed by atoms with Crippen molar-refractivity contribution in [3.8, 4) is 0 Å². The molecule has 1 aromatic heterocycles. The minimum Gasteiger partial charge on any atom is -0.466 e. The van der Waals surface area contributed by atoms with Gasteiger partial charge in [0.1, 0.15) is 11.9 Å². The van der Waals surface area contributed by atoms with E-state index in [-0.39, 0.29) is 19.3 Å². The Balaban J connectivity index is 2.23. The molecule has 1 aromatic carbocycles. The zero-order valence-corrected chi connectivity index (χ0v) is 9.93. The van der Waals surface area contributed by atoms with Crippen LogP contribution in [0.15, 0.2) is 47.1 Å². The van der Waals surface area contributed by atoms with Crippen LogP contribution in [-0.2, 0) is 4.74 Å². The third-order valence-electron chi connectivity index (χ3n) is 2.35. The molecule has 0 spiro atoms. The maximum Gasteiger partial charge on any atom is 0.140 e. The normalized spacial score (nSPS) is 12.6. The summed E-state index contributed by atoms with van der Waals surface area (Å²) in [4.78, 5) is 0. The molecule has 17 heavy (non-hydrogen) atoms. The second kappa shape index (κ2) is 5.87. The van der Waals surface area contributed by atoms with E-state index in [1.807, 2.05) is 18.2 Å². The van der Waals surface area contributed by atoms with E-state index in [0.717, 1.165) is 5.56 Å². The Morgan fingerprint density at radius 1 is 1.24 bits per heavy atom. The summed E-state index contributed by atoms with van der Waals surface area (Å²) in [6, 6.07) is 11.0. The van der Waals surface area contributed by atoms with Gasteiger partial charge in [-0.25, -0.2) is 0 Å². The van der Waals surface area contributed by atoms with Crippen LogP contribution in [0.5, 0.6) is 0 Å². The average molecular weight is 253 g/mol. The van der Waals surface area contributed by atoms with E-state index < -0.39 is 0 Å². The van der Waals surface area contributed by atoms with Crippen LogP contribution < -0.4 is 0 Å². The molecular weight excluding hydrogens is 240 g/mol. The van der Waals surface area contributed by atoms with E-state index in [1.165, 1.54) is 0 Å². The smallest absolute Gasteiger partial charge is 0.140 e. The lowest BCUT2D eigenvalue weighted by Gasteiger charge is -2.15. The van der Waals surface area contributed by atoms with Gasteiger partial charge in [0.2, 0.25) is 0 Å². The van der Waals surface area contributed by atoms with Gasteiger partial charge >= 0.3 is 0 Å². The van der Waals surface area contributed by atoms with Crippen molar-refractivity contribution in [2.75, 3.05) is 13.2 Å². The topological polar surface area (TPSA) is 42.6 Å². The minimum absolute atomic E-state index is 0.0230. The maximum atomic E-state index is 8.83. The Bertz CT molecular complexity index is 436. The van der Waals surface area contributed by atoms with E-state index in [2.05, 4.69) is 0 Å². The Morgan fingerprint density at radius 3 is 2.59 bits per heavy atom. The predicted octanol–water partition coefficient (Wildman–Crippen LogP) is 3.03. The van der Waals surface area contributed by atoms with Crippen molar-refractivity contribution >= 4 is 11.6 Å². The number of benzene rings is 1. The third-order valence-corrected chi connectivity index (χ3v) is 2.60. The van der Waals surface area contributed by atoms with Gasteiger partial charge in [-0.1, -0.05) is 23.7 Å². The van der Waals surface area contributed by atoms with Crippen molar-refractivity contribution < 1.29 is 14.3 Å². The SMILES string of the molecule is OCCO[C@H](c1ccc(Cl)cc1)c1ccco1. The van der Waals surface area contributed by atoms with Crippen molar-refractivity contribution in [3.63, 3.8) is 0 Å². The van der Waals surface area contributed by atoms with Crippen molar-refractivity contribution in [1.82, 2.24) is 0 Å². The molecule has 0 amide bonds. The molecule has 2 rings (SSSR count). The zero-order chi connectivity index (χ0) is 12.1. The lowest BCUT2D eigenvalue weighted by molar-refractivity contribution is 0.0388.